The van der Waals surface area contributed by atoms with Crippen LogP contribution in [0.3, 0.4) is 0 Å². The quantitative estimate of drug-likeness (QED) is 0.432. The summed E-state index contributed by atoms with van der Waals surface area (Å²) in [6.07, 6.45) is 4.81. The average molecular weight is 192 g/mol. The van der Waals surface area contributed by atoms with Gasteiger partial charge in [0.25, 0.3) is 0 Å². The normalized spacial score (nSPS) is 31.6. The summed E-state index contributed by atoms with van der Waals surface area (Å²) >= 11 is 0. The van der Waals surface area contributed by atoms with Gasteiger partial charge >= 0.3 is 11.9 Å². The minimum Gasteiger partial charge on any atom is -0.386 e. The highest BCUT2D eigenvalue weighted by Crippen LogP contribution is 2.47. The summed E-state index contributed by atoms with van der Waals surface area (Å²) in [6.45, 7) is 4.00. The second kappa shape index (κ2) is 3.08. The highest BCUT2D eigenvalue weighted by atomic mass is 16.6. The number of esters is 2. The molecule has 3 heteroatoms. The third-order valence-electron chi connectivity index (χ3n) is 2.57. The summed E-state index contributed by atoms with van der Waals surface area (Å²) in [4.78, 5) is 22.1. The number of carbonyl (C=O) groups is 2. The van der Waals surface area contributed by atoms with E-state index in [1.807, 2.05) is 26.0 Å². The van der Waals surface area contributed by atoms with Gasteiger partial charge in [0.15, 0.2) is 0 Å². The molecular weight excluding hydrogens is 180 g/mol. The fourth-order valence-corrected chi connectivity index (χ4v) is 1.78. The van der Waals surface area contributed by atoms with Gasteiger partial charge in [0.05, 0.1) is 11.1 Å². The van der Waals surface area contributed by atoms with Gasteiger partial charge in [0.1, 0.15) is 0 Å². The third kappa shape index (κ3) is 1.20. The van der Waals surface area contributed by atoms with Crippen LogP contribution >= 0.6 is 0 Å². The van der Waals surface area contributed by atoms with Gasteiger partial charge in [0.2, 0.25) is 0 Å². The van der Waals surface area contributed by atoms with Crippen molar-refractivity contribution in [3.8, 4) is 0 Å². The molecule has 0 N–H and O–H groups in total. The largest absolute Gasteiger partial charge is 0.386 e. The van der Waals surface area contributed by atoms with Crippen molar-refractivity contribution >= 4 is 11.9 Å². The molecule has 74 valence electrons. The summed E-state index contributed by atoms with van der Waals surface area (Å²) in [7, 11) is 0. The van der Waals surface area contributed by atoms with Crippen LogP contribution in [-0.2, 0) is 14.3 Å². The van der Waals surface area contributed by atoms with Gasteiger partial charge in [-0.2, -0.15) is 0 Å². The predicted octanol–water partition coefficient (Wildman–Crippen LogP) is 1.60. The molecule has 2 atom stereocenters. The molecule has 0 bridgehead atoms. The molecule has 2 aliphatic carbocycles. The molecule has 0 radical (unpaired) electrons. The van der Waals surface area contributed by atoms with Crippen LogP contribution in [0.2, 0.25) is 0 Å². The number of allylic oxidation sites excluding steroid dienone is 2. The van der Waals surface area contributed by atoms with E-state index in [9.17, 15) is 9.59 Å². The number of cyclic esters (lactones) is 2. The van der Waals surface area contributed by atoms with E-state index in [1.54, 1.807) is 0 Å². The molecule has 1 saturated heterocycles. The van der Waals surface area contributed by atoms with Gasteiger partial charge in [-0.15, -0.1) is 0 Å². The Hall–Kier alpha value is -1.38. The first kappa shape index (κ1) is 9.19. The average Bonchev–Trinajstić information content (AvgIpc) is 2.91. The van der Waals surface area contributed by atoms with Crippen LogP contribution in [0.4, 0.5) is 0 Å². The zero-order valence-corrected chi connectivity index (χ0v) is 8.24. The van der Waals surface area contributed by atoms with E-state index in [0.717, 1.165) is 6.42 Å². The smallest absolute Gasteiger partial charge is 0.346 e. The summed E-state index contributed by atoms with van der Waals surface area (Å²) < 4.78 is 4.46. The van der Waals surface area contributed by atoms with E-state index < -0.39 is 11.9 Å². The Kier molecular flexibility index (Phi) is 2.02. The predicted molar refractivity (Wildman–Crippen MR) is 50.2 cm³/mol. The molecule has 2 unspecified atom stereocenters. The number of rotatable bonds is 0. The number of hydrogen-bond donors (Lipinski definition) is 0. The van der Waals surface area contributed by atoms with Gasteiger partial charge in [-0.3, -0.25) is 0 Å². The second-order valence-electron chi connectivity index (χ2n) is 3.40. The van der Waals surface area contributed by atoms with E-state index in [2.05, 4.69) is 4.74 Å². The standard InChI is InChI=1S/C9H6O3.C2H6/c10-8-6-2-4-1-5(4)3-7(6)9(11)12-8;1-2/h2-5H,1H2;1-2H3. The molecule has 1 aliphatic heterocycles. The molecule has 1 heterocycles. The van der Waals surface area contributed by atoms with E-state index in [4.69, 9.17) is 0 Å². The van der Waals surface area contributed by atoms with Crippen LogP contribution in [-0.4, -0.2) is 11.9 Å². The molecule has 1 saturated carbocycles. The van der Waals surface area contributed by atoms with Crippen LogP contribution in [0, 0.1) is 11.8 Å². The van der Waals surface area contributed by atoms with Crippen LogP contribution in [0.5, 0.6) is 0 Å². The number of carbonyl (C=O) groups excluding carboxylic acids is 2. The van der Waals surface area contributed by atoms with E-state index >= 15 is 0 Å². The van der Waals surface area contributed by atoms with Crippen molar-refractivity contribution < 1.29 is 14.3 Å². The summed E-state index contributed by atoms with van der Waals surface area (Å²) in [6, 6.07) is 0. The maximum absolute atomic E-state index is 11.0. The Labute approximate surface area is 82.4 Å². The highest BCUT2D eigenvalue weighted by molar-refractivity contribution is 6.18. The molecule has 0 aromatic carbocycles. The van der Waals surface area contributed by atoms with Crippen molar-refractivity contribution in [2.45, 2.75) is 20.3 Å². The highest BCUT2D eigenvalue weighted by Gasteiger charge is 2.44. The minimum absolute atomic E-state index is 0.475. The maximum Gasteiger partial charge on any atom is 0.346 e. The zero-order chi connectivity index (χ0) is 10.3. The van der Waals surface area contributed by atoms with Gasteiger partial charge in [0, 0.05) is 0 Å². The molecule has 3 aliphatic rings. The molecule has 14 heavy (non-hydrogen) atoms. The van der Waals surface area contributed by atoms with Crippen molar-refractivity contribution in [1.82, 2.24) is 0 Å². The third-order valence-corrected chi connectivity index (χ3v) is 2.57. The molecule has 3 rings (SSSR count). The van der Waals surface area contributed by atoms with Crippen molar-refractivity contribution in [2.24, 2.45) is 11.8 Å². The monoisotopic (exact) mass is 192 g/mol. The van der Waals surface area contributed by atoms with E-state index in [1.165, 1.54) is 0 Å². The van der Waals surface area contributed by atoms with Crippen LogP contribution in [0.1, 0.15) is 20.3 Å². The zero-order valence-electron chi connectivity index (χ0n) is 8.24. The Bertz CT molecular complexity index is 329. The lowest BCUT2D eigenvalue weighted by molar-refractivity contribution is -0.149. The SMILES string of the molecule is CC.O=C1OC(=O)C2=CC3CC3C=C12. The van der Waals surface area contributed by atoms with Gasteiger partial charge < -0.3 is 4.74 Å². The molecule has 0 amide bonds. The van der Waals surface area contributed by atoms with Crippen LogP contribution in [0.25, 0.3) is 0 Å². The minimum atomic E-state index is -0.475. The maximum atomic E-state index is 11.0. The number of hydrogen-bond acceptors (Lipinski definition) is 3. The van der Waals surface area contributed by atoms with Crippen molar-refractivity contribution in [2.75, 3.05) is 0 Å². The van der Waals surface area contributed by atoms with Crippen molar-refractivity contribution in [1.29, 1.82) is 0 Å². The van der Waals surface area contributed by atoms with E-state index in [0.29, 0.717) is 23.0 Å². The lowest BCUT2D eigenvalue weighted by atomic mass is 10.0. The fourth-order valence-electron chi connectivity index (χ4n) is 1.78. The van der Waals surface area contributed by atoms with Crippen molar-refractivity contribution in [3.63, 3.8) is 0 Å². The lowest BCUT2D eigenvalue weighted by Crippen LogP contribution is -1.98. The summed E-state index contributed by atoms with van der Waals surface area (Å²) in [5.74, 6) is 0.0256. The van der Waals surface area contributed by atoms with Crippen molar-refractivity contribution in [3.05, 3.63) is 23.3 Å². The Morgan fingerprint density at radius 1 is 1.07 bits per heavy atom. The topological polar surface area (TPSA) is 43.4 Å². The van der Waals surface area contributed by atoms with Gasteiger partial charge in [-0.05, 0) is 18.3 Å². The molecule has 0 aromatic rings. The molecule has 3 nitrogen and oxygen atoms in total. The number of ether oxygens (including phenoxy) is 1. The first-order valence-corrected chi connectivity index (χ1v) is 4.96. The Balaban J connectivity index is 0.000000354. The van der Waals surface area contributed by atoms with Gasteiger partial charge in [-0.1, -0.05) is 26.0 Å². The second-order valence-corrected chi connectivity index (χ2v) is 3.40. The first-order chi connectivity index (χ1) is 6.75. The lowest BCUT2D eigenvalue weighted by Gasteiger charge is -1.98. The Morgan fingerprint density at radius 2 is 1.50 bits per heavy atom. The van der Waals surface area contributed by atoms with E-state index in [-0.39, 0.29) is 0 Å². The summed E-state index contributed by atoms with van der Waals surface area (Å²) in [5.41, 5.74) is 0.970. The van der Waals surface area contributed by atoms with Gasteiger partial charge in [-0.25, -0.2) is 9.59 Å². The molecular formula is C11H12O3. The van der Waals surface area contributed by atoms with Crippen LogP contribution in [0.15, 0.2) is 23.3 Å². The first-order valence-electron chi connectivity index (χ1n) is 4.96. The Morgan fingerprint density at radius 3 is 1.93 bits per heavy atom. The molecule has 0 spiro atoms. The van der Waals surface area contributed by atoms with Crippen LogP contribution < -0.4 is 0 Å². The number of fused-ring (bicyclic) bond motifs is 2. The summed E-state index contributed by atoms with van der Waals surface area (Å²) in [5, 5.41) is 0. The fraction of sp³-hybridized carbons (Fsp3) is 0.455. The molecule has 2 fully saturated rings. The molecule has 0 aromatic heterocycles.